The molecule has 0 heterocycles. The number of hydrogen-bond acceptors (Lipinski definition) is 3. The minimum absolute atomic E-state index is 0.135. The Morgan fingerprint density at radius 1 is 1.35 bits per heavy atom. The van der Waals surface area contributed by atoms with E-state index in [0.717, 1.165) is 5.56 Å². The molecule has 0 aliphatic heterocycles. The van der Waals surface area contributed by atoms with Crippen molar-refractivity contribution in [3.63, 3.8) is 0 Å². The molecule has 94 valence electrons. The van der Waals surface area contributed by atoms with E-state index in [4.69, 9.17) is 5.73 Å². The lowest BCUT2D eigenvalue weighted by molar-refractivity contribution is -0.0498. The Balaban J connectivity index is 2.12. The predicted molar refractivity (Wildman–Crippen MR) is 59.0 cm³/mol. The summed E-state index contributed by atoms with van der Waals surface area (Å²) in [6.45, 7) is -2.37. The number of nitrogens with two attached hydrogens (primary N) is 1. The van der Waals surface area contributed by atoms with Crippen LogP contribution in [0.2, 0.25) is 0 Å². The maximum atomic E-state index is 12.0. The topological polar surface area (TPSA) is 55.5 Å². The van der Waals surface area contributed by atoms with Gasteiger partial charge in [0.1, 0.15) is 5.75 Å². The zero-order valence-electron chi connectivity index (χ0n) is 9.27. The predicted octanol–water partition coefficient (Wildman–Crippen LogP) is 1.64. The molecule has 0 amide bonds. The molecule has 2 rings (SSSR count). The van der Waals surface area contributed by atoms with Crippen molar-refractivity contribution >= 4 is 0 Å². The minimum atomic E-state index is -2.81. The molecule has 1 aliphatic carbocycles. The highest BCUT2D eigenvalue weighted by Crippen LogP contribution is 2.43. The highest BCUT2D eigenvalue weighted by atomic mass is 19.3. The van der Waals surface area contributed by atoms with Crippen LogP contribution in [0.15, 0.2) is 24.3 Å². The summed E-state index contributed by atoms with van der Waals surface area (Å²) in [6.07, 6.45) is 0.937. The molecule has 1 aliphatic rings. The third kappa shape index (κ3) is 2.40. The molecule has 1 saturated carbocycles. The molecule has 3 nitrogen and oxygen atoms in total. The molecule has 0 spiro atoms. The van der Waals surface area contributed by atoms with Gasteiger partial charge in [0, 0.05) is 12.0 Å². The summed E-state index contributed by atoms with van der Waals surface area (Å²) in [7, 11) is 0. The second kappa shape index (κ2) is 4.58. The SMILES string of the molecule is NCC1(c2ccc(OC(F)F)cc2)CC(O)C1. The fraction of sp³-hybridized carbons (Fsp3) is 0.500. The second-order valence-electron chi connectivity index (χ2n) is 4.45. The van der Waals surface area contributed by atoms with Crippen molar-refractivity contribution in [3.8, 4) is 5.75 Å². The van der Waals surface area contributed by atoms with E-state index in [1.165, 1.54) is 12.1 Å². The minimum Gasteiger partial charge on any atom is -0.435 e. The van der Waals surface area contributed by atoms with Crippen molar-refractivity contribution < 1.29 is 18.6 Å². The summed E-state index contributed by atoms with van der Waals surface area (Å²) in [5.41, 5.74) is 6.48. The zero-order valence-corrected chi connectivity index (χ0v) is 9.27. The normalized spacial score (nSPS) is 27.9. The summed E-state index contributed by atoms with van der Waals surface area (Å²) >= 11 is 0. The van der Waals surface area contributed by atoms with Crippen LogP contribution in [0.1, 0.15) is 18.4 Å². The summed E-state index contributed by atoms with van der Waals surface area (Å²) in [5, 5.41) is 9.37. The number of benzene rings is 1. The second-order valence-corrected chi connectivity index (χ2v) is 4.45. The largest absolute Gasteiger partial charge is 0.435 e. The third-order valence-corrected chi connectivity index (χ3v) is 3.34. The first-order valence-corrected chi connectivity index (χ1v) is 5.49. The maximum Gasteiger partial charge on any atom is 0.387 e. The van der Waals surface area contributed by atoms with Gasteiger partial charge in [0.05, 0.1) is 6.10 Å². The molecule has 0 aromatic heterocycles. The van der Waals surface area contributed by atoms with Gasteiger partial charge in [-0.1, -0.05) is 12.1 Å². The van der Waals surface area contributed by atoms with Crippen LogP contribution in [-0.2, 0) is 5.41 Å². The first-order chi connectivity index (χ1) is 8.05. The van der Waals surface area contributed by atoms with Crippen LogP contribution in [0.5, 0.6) is 5.75 Å². The number of hydrogen-bond donors (Lipinski definition) is 2. The summed E-state index contributed by atoms with van der Waals surface area (Å²) in [5.74, 6) is 0.135. The number of halogens is 2. The van der Waals surface area contributed by atoms with Gasteiger partial charge in [-0.05, 0) is 30.5 Å². The van der Waals surface area contributed by atoms with Gasteiger partial charge in [-0.2, -0.15) is 8.78 Å². The molecule has 0 bridgehead atoms. The number of ether oxygens (including phenoxy) is 1. The van der Waals surface area contributed by atoms with E-state index < -0.39 is 6.61 Å². The number of rotatable bonds is 4. The fourth-order valence-electron chi connectivity index (χ4n) is 2.35. The molecular formula is C12H15F2NO2. The van der Waals surface area contributed by atoms with Gasteiger partial charge in [-0.15, -0.1) is 0 Å². The molecule has 1 aromatic carbocycles. The molecule has 17 heavy (non-hydrogen) atoms. The van der Waals surface area contributed by atoms with Crippen molar-refractivity contribution in [1.29, 1.82) is 0 Å². The fourth-order valence-corrected chi connectivity index (χ4v) is 2.35. The Hall–Kier alpha value is -1.20. The standard InChI is InChI=1S/C12H15F2NO2/c13-11(14)17-10-3-1-8(2-4-10)12(7-15)5-9(16)6-12/h1-4,9,11,16H,5-7,15H2. The van der Waals surface area contributed by atoms with Crippen LogP contribution in [0, 0.1) is 0 Å². The molecule has 3 N–H and O–H groups in total. The Morgan fingerprint density at radius 2 is 1.94 bits per heavy atom. The third-order valence-electron chi connectivity index (χ3n) is 3.34. The van der Waals surface area contributed by atoms with Gasteiger partial charge in [-0.25, -0.2) is 0 Å². The summed E-state index contributed by atoms with van der Waals surface area (Å²) in [6, 6.07) is 6.47. The number of aliphatic hydroxyl groups is 1. The summed E-state index contributed by atoms with van der Waals surface area (Å²) in [4.78, 5) is 0. The molecule has 5 heteroatoms. The van der Waals surface area contributed by atoms with E-state index in [-0.39, 0.29) is 17.3 Å². The summed E-state index contributed by atoms with van der Waals surface area (Å²) < 4.78 is 28.2. The Bertz CT molecular complexity index is 375. The lowest BCUT2D eigenvalue weighted by Crippen LogP contribution is -2.49. The Labute approximate surface area is 98.2 Å². The smallest absolute Gasteiger partial charge is 0.387 e. The zero-order chi connectivity index (χ0) is 12.5. The van der Waals surface area contributed by atoms with E-state index >= 15 is 0 Å². The van der Waals surface area contributed by atoms with Crippen LogP contribution < -0.4 is 10.5 Å². The molecule has 1 fully saturated rings. The van der Waals surface area contributed by atoms with Crippen molar-refractivity contribution in [1.82, 2.24) is 0 Å². The number of aliphatic hydroxyl groups excluding tert-OH is 1. The average Bonchev–Trinajstić information content (AvgIpc) is 2.25. The van der Waals surface area contributed by atoms with Gasteiger partial charge in [0.2, 0.25) is 0 Å². The van der Waals surface area contributed by atoms with Crippen LogP contribution >= 0.6 is 0 Å². The van der Waals surface area contributed by atoms with E-state index in [1.54, 1.807) is 12.1 Å². The molecular weight excluding hydrogens is 228 g/mol. The van der Waals surface area contributed by atoms with Gasteiger partial charge in [0.25, 0.3) is 0 Å². The quantitative estimate of drug-likeness (QED) is 0.845. The van der Waals surface area contributed by atoms with Gasteiger partial charge in [0.15, 0.2) is 0 Å². The van der Waals surface area contributed by atoms with Crippen molar-refractivity contribution in [2.75, 3.05) is 6.54 Å². The van der Waals surface area contributed by atoms with Crippen LogP contribution in [0.3, 0.4) is 0 Å². The molecule has 0 radical (unpaired) electrons. The van der Waals surface area contributed by atoms with Gasteiger partial charge >= 0.3 is 6.61 Å². The van der Waals surface area contributed by atoms with Crippen molar-refractivity contribution in [2.24, 2.45) is 5.73 Å². The van der Waals surface area contributed by atoms with Crippen molar-refractivity contribution in [3.05, 3.63) is 29.8 Å². The van der Waals surface area contributed by atoms with Gasteiger partial charge in [-0.3, -0.25) is 0 Å². The van der Waals surface area contributed by atoms with E-state index in [0.29, 0.717) is 19.4 Å². The average molecular weight is 243 g/mol. The van der Waals surface area contributed by atoms with Gasteiger partial charge < -0.3 is 15.6 Å². The molecule has 1 aromatic rings. The Kier molecular flexibility index (Phi) is 3.31. The van der Waals surface area contributed by atoms with E-state index in [1.807, 2.05) is 0 Å². The first-order valence-electron chi connectivity index (χ1n) is 5.49. The number of alkyl halides is 2. The van der Waals surface area contributed by atoms with E-state index in [9.17, 15) is 13.9 Å². The molecule has 0 saturated heterocycles. The lowest BCUT2D eigenvalue weighted by atomic mass is 9.63. The first kappa shape index (κ1) is 12.3. The molecule has 0 atom stereocenters. The highest BCUT2D eigenvalue weighted by Gasteiger charge is 2.43. The molecule has 0 unspecified atom stereocenters. The monoisotopic (exact) mass is 243 g/mol. The highest BCUT2D eigenvalue weighted by molar-refractivity contribution is 5.35. The van der Waals surface area contributed by atoms with Crippen LogP contribution in [-0.4, -0.2) is 24.4 Å². The lowest BCUT2D eigenvalue weighted by Gasteiger charge is -2.45. The Morgan fingerprint density at radius 3 is 2.35 bits per heavy atom. The van der Waals surface area contributed by atoms with Crippen LogP contribution in [0.25, 0.3) is 0 Å². The van der Waals surface area contributed by atoms with Crippen LogP contribution in [0.4, 0.5) is 8.78 Å². The van der Waals surface area contributed by atoms with Crippen molar-refractivity contribution in [2.45, 2.75) is 31.0 Å². The van der Waals surface area contributed by atoms with E-state index in [2.05, 4.69) is 4.74 Å². The maximum absolute atomic E-state index is 12.0.